The Balaban J connectivity index is 2.83. The minimum absolute atomic E-state index is 0.00191. The number of carbonyl (C=O) groups is 2. The zero-order valence-electron chi connectivity index (χ0n) is 10.6. The first-order valence-corrected chi connectivity index (χ1v) is 5.47. The average Bonchev–Trinajstić information content (AvgIpc) is 2.63. The topological polar surface area (TPSA) is 76.1 Å². The molecule has 1 saturated heterocycles. The van der Waals surface area contributed by atoms with E-state index in [4.69, 9.17) is 9.47 Å². The molecule has 1 heterocycles. The van der Waals surface area contributed by atoms with Crippen LogP contribution in [0, 0.1) is 0 Å². The van der Waals surface area contributed by atoms with Gasteiger partial charge in [0.15, 0.2) is 5.54 Å². The van der Waals surface area contributed by atoms with Crippen LogP contribution < -0.4 is 0 Å². The highest BCUT2D eigenvalue weighted by molar-refractivity contribution is 5.84. The van der Waals surface area contributed by atoms with Crippen molar-refractivity contribution in [3.8, 4) is 0 Å². The Hall–Kier alpha value is -1.30. The second-order valence-electron chi connectivity index (χ2n) is 5.18. The van der Waals surface area contributed by atoms with Gasteiger partial charge < -0.3 is 14.6 Å². The number of carboxylic acid groups (broad SMARTS) is 1. The molecule has 0 spiro atoms. The molecule has 0 saturated carbocycles. The maximum Gasteiger partial charge on any atom is 0.411 e. The molecule has 1 amide bonds. The van der Waals surface area contributed by atoms with Crippen LogP contribution in [-0.4, -0.2) is 53.5 Å². The number of carboxylic acids is 1. The van der Waals surface area contributed by atoms with Crippen molar-refractivity contribution in [1.29, 1.82) is 0 Å². The van der Waals surface area contributed by atoms with E-state index in [-0.39, 0.29) is 13.0 Å². The van der Waals surface area contributed by atoms with Crippen molar-refractivity contribution < 1.29 is 24.2 Å². The minimum Gasteiger partial charge on any atom is -0.479 e. The average molecular weight is 245 g/mol. The molecule has 1 N–H and O–H groups in total. The van der Waals surface area contributed by atoms with E-state index >= 15 is 0 Å². The molecule has 0 aliphatic carbocycles. The first kappa shape index (κ1) is 13.8. The first-order valence-electron chi connectivity index (χ1n) is 5.47. The summed E-state index contributed by atoms with van der Waals surface area (Å²) in [6.45, 7) is 5.53. The van der Waals surface area contributed by atoms with E-state index in [2.05, 4.69) is 0 Å². The summed E-state index contributed by atoms with van der Waals surface area (Å²) in [5, 5.41) is 9.25. The summed E-state index contributed by atoms with van der Waals surface area (Å²) in [7, 11) is 1.43. The summed E-state index contributed by atoms with van der Waals surface area (Å²) in [5.74, 6) is -1.07. The Morgan fingerprint density at radius 2 is 2.00 bits per heavy atom. The Morgan fingerprint density at radius 1 is 1.41 bits per heavy atom. The van der Waals surface area contributed by atoms with Crippen LogP contribution >= 0.6 is 0 Å². The van der Waals surface area contributed by atoms with Gasteiger partial charge in [0.25, 0.3) is 0 Å². The summed E-state index contributed by atoms with van der Waals surface area (Å²) in [6.07, 6.45) is -0.372. The highest BCUT2D eigenvalue weighted by Gasteiger charge is 2.49. The second-order valence-corrected chi connectivity index (χ2v) is 5.18. The molecule has 1 aliphatic heterocycles. The van der Waals surface area contributed by atoms with Gasteiger partial charge in [-0.3, -0.25) is 4.90 Å². The summed E-state index contributed by atoms with van der Waals surface area (Å²) >= 11 is 0. The van der Waals surface area contributed by atoms with Crippen molar-refractivity contribution in [2.75, 3.05) is 20.3 Å². The van der Waals surface area contributed by atoms with Crippen molar-refractivity contribution in [3.05, 3.63) is 0 Å². The molecule has 6 nitrogen and oxygen atoms in total. The molecule has 17 heavy (non-hydrogen) atoms. The molecule has 0 aromatic carbocycles. The van der Waals surface area contributed by atoms with Crippen LogP contribution in [0.1, 0.15) is 27.2 Å². The standard InChI is InChI=1S/C11H19NO5/c1-10(2,3)17-9(15)12(4)11(8(13)14)5-6-16-7-11/h5-7H2,1-4H3,(H,13,14)/t11-/m1/s1. The summed E-state index contributed by atoms with van der Waals surface area (Å²) in [4.78, 5) is 24.3. The molecule has 6 heteroatoms. The first-order chi connectivity index (χ1) is 7.69. The van der Waals surface area contributed by atoms with Gasteiger partial charge in [0, 0.05) is 20.1 Å². The van der Waals surface area contributed by atoms with Crippen LogP contribution in [0.3, 0.4) is 0 Å². The molecule has 0 radical (unpaired) electrons. The quantitative estimate of drug-likeness (QED) is 0.788. The van der Waals surface area contributed by atoms with E-state index in [0.29, 0.717) is 6.61 Å². The molecule has 98 valence electrons. The van der Waals surface area contributed by atoms with Gasteiger partial charge >= 0.3 is 12.1 Å². The molecule has 1 atom stereocenters. The van der Waals surface area contributed by atoms with E-state index < -0.39 is 23.2 Å². The molecule has 0 unspecified atom stereocenters. The zero-order chi connectivity index (χ0) is 13.3. The van der Waals surface area contributed by atoms with Crippen LogP contribution in [0.25, 0.3) is 0 Å². The SMILES string of the molecule is CN(C(=O)OC(C)(C)C)[C@]1(C(=O)O)CCOC1. The second kappa shape index (κ2) is 4.52. The van der Waals surface area contributed by atoms with E-state index in [0.717, 1.165) is 4.90 Å². The number of amides is 1. The van der Waals surface area contributed by atoms with Gasteiger partial charge in [0.1, 0.15) is 5.60 Å². The lowest BCUT2D eigenvalue weighted by molar-refractivity contribution is -0.150. The van der Waals surface area contributed by atoms with Gasteiger partial charge in [-0.2, -0.15) is 0 Å². The molecule has 0 bridgehead atoms. The maximum absolute atomic E-state index is 11.8. The number of hydrogen-bond donors (Lipinski definition) is 1. The Bertz CT molecular complexity index is 314. The highest BCUT2D eigenvalue weighted by Crippen LogP contribution is 2.27. The predicted octanol–water partition coefficient (Wildman–Crippen LogP) is 1.10. The van der Waals surface area contributed by atoms with Crippen molar-refractivity contribution >= 4 is 12.1 Å². The lowest BCUT2D eigenvalue weighted by atomic mass is 9.97. The molecule has 0 aromatic rings. The predicted molar refractivity (Wildman–Crippen MR) is 59.8 cm³/mol. The third-order valence-corrected chi connectivity index (χ3v) is 2.71. The number of likely N-dealkylation sites (N-methyl/N-ethyl adjacent to an activating group) is 1. The highest BCUT2D eigenvalue weighted by atomic mass is 16.6. The number of ether oxygens (including phenoxy) is 2. The number of hydrogen-bond acceptors (Lipinski definition) is 4. The van der Waals surface area contributed by atoms with Crippen molar-refractivity contribution in [3.63, 3.8) is 0 Å². The van der Waals surface area contributed by atoms with Gasteiger partial charge in [0.2, 0.25) is 0 Å². The van der Waals surface area contributed by atoms with Gasteiger partial charge in [-0.15, -0.1) is 0 Å². The molecule has 1 aliphatic rings. The molecule has 1 rings (SSSR count). The summed E-state index contributed by atoms with van der Waals surface area (Å²) in [5.41, 5.74) is -1.95. The fraction of sp³-hybridized carbons (Fsp3) is 0.818. The van der Waals surface area contributed by atoms with Crippen LogP contribution in [0.15, 0.2) is 0 Å². The Morgan fingerprint density at radius 3 is 2.35 bits per heavy atom. The van der Waals surface area contributed by atoms with Gasteiger partial charge in [-0.1, -0.05) is 0 Å². The molecule has 0 aromatic heterocycles. The number of aliphatic carboxylic acids is 1. The number of nitrogens with zero attached hydrogens (tertiary/aromatic N) is 1. The molecular weight excluding hydrogens is 226 g/mol. The fourth-order valence-corrected chi connectivity index (χ4v) is 1.64. The van der Waals surface area contributed by atoms with Crippen molar-refractivity contribution in [2.45, 2.75) is 38.3 Å². The van der Waals surface area contributed by atoms with Crippen molar-refractivity contribution in [2.24, 2.45) is 0 Å². The lowest BCUT2D eigenvalue weighted by Gasteiger charge is -2.34. The van der Waals surface area contributed by atoms with Crippen molar-refractivity contribution in [1.82, 2.24) is 4.90 Å². The third-order valence-electron chi connectivity index (χ3n) is 2.71. The molecular formula is C11H19NO5. The number of carbonyl (C=O) groups excluding carboxylic acids is 1. The van der Waals surface area contributed by atoms with Gasteiger partial charge in [-0.05, 0) is 20.8 Å². The zero-order valence-corrected chi connectivity index (χ0v) is 10.6. The summed E-state index contributed by atoms with van der Waals surface area (Å²) < 4.78 is 10.2. The maximum atomic E-state index is 11.8. The van der Waals surface area contributed by atoms with E-state index in [1.54, 1.807) is 20.8 Å². The van der Waals surface area contributed by atoms with Crippen LogP contribution in [0.4, 0.5) is 4.79 Å². The molecule has 1 fully saturated rings. The van der Waals surface area contributed by atoms with E-state index in [1.165, 1.54) is 7.05 Å². The third kappa shape index (κ3) is 2.88. The monoisotopic (exact) mass is 245 g/mol. The van der Waals surface area contributed by atoms with Gasteiger partial charge in [0.05, 0.1) is 6.61 Å². The van der Waals surface area contributed by atoms with Gasteiger partial charge in [-0.25, -0.2) is 9.59 Å². The number of rotatable bonds is 2. The Kier molecular flexibility index (Phi) is 3.66. The van der Waals surface area contributed by atoms with Crippen LogP contribution in [-0.2, 0) is 14.3 Å². The normalized spacial score (nSPS) is 24.5. The van der Waals surface area contributed by atoms with Crippen LogP contribution in [0.5, 0.6) is 0 Å². The van der Waals surface area contributed by atoms with E-state index in [1.807, 2.05) is 0 Å². The largest absolute Gasteiger partial charge is 0.479 e. The lowest BCUT2D eigenvalue weighted by Crippen LogP contribution is -2.56. The smallest absolute Gasteiger partial charge is 0.411 e. The summed E-state index contributed by atoms with van der Waals surface area (Å²) in [6, 6.07) is 0. The van der Waals surface area contributed by atoms with E-state index in [9.17, 15) is 14.7 Å². The minimum atomic E-state index is -1.30. The Labute approximate surface area is 100 Å². The van der Waals surface area contributed by atoms with Crippen LogP contribution in [0.2, 0.25) is 0 Å². The fourth-order valence-electron chi connectivity index (χ4n) is 1.64.